The number of aromatic nitrogens is 1. The molecular formula is C12H12N4O2S2. The largest absolute Gasteiger partial charge is 0.399 e. The molecule has 0 aliphatic rings. The Morgan fingerprint density at radius 1 is 1.50 bits per heavy atom. The van der Waals surface area contributed by atoms with E-state index >= 15 is 0 Å². The van der Waals surface area contributed by atoms with Crippen LogP contribution in [0, 0.1) is 18.3 Å². The normalized spacial score (nSPS) is 11.2. The quantitative estimate of drug-likeness (QED) is 0.829. The second-order valence-corrected chi connectivity index (χ2v) is 6.85. The molecule has 0 saturated carbocycles. The summed E-state index contributed by atoms with van der Waals surface area (Å²) in [6.45, 7) is 1.93. The van der Waals surface area contributed by atoms with Gasteiger partial charge in [0.15, 0.2) is 0 Å². The first-order valence-corrected chi connectivity index (χ1v) is 7.99. The van der Waals surface area contributed by atoms with E-state index in [0.29, 0.717) is 11.4 Å². The van der Waals surface area contributed by atoms with E-state index in [2.05, 4.69) is 9.71 Å². The molecule has 0 aliphatic heterocycles. The molecule has 0 saturated heterocycles. The number of nitrogen functional groups attached to an aromatic ring is 1. The predicted octanol–water partition coefficient (Wildman–Crippen LogP) is 1.38. The van der Waals surface area contributed by atoms with Crippen molar-refractivity contribution in [3.05, 3.63) is 39.8 Å². The molecule has 0 spiro atoms. The van der Waals surface area contributed by atoms with Crippen molar-refractivity contribution in [2.45, 2.75) is 18.4 Å². The van der Waals surface area contributed by atoms with Crippen LogP contribution in [0.4, 0.5) is 5.69 Å². The second-order valence-electron chi connectivity index (χ2n) is 4.05. The zero-order valence-electron chi connectivity index (χ0n) is 10.6. The molecule has 2 aromatic rings. The molecule has 0 aliphatic carbocycles. The minimum Gasteiger partial charge on any atom is -0.399 e. The van der Waals surface area contributed by atoms with Crippen LogP contribution in [0.25, 0.3) is 0 Å². The number of thiazole rings is 1. The molecule has 3 N–H and O–H groups in total. The molecule has 20 heavy (non-hydrogen) atoms. The summed E-state index contributed by atoms with van der Waals surface area (Å²) >= 11 is 1.45. The highest BCUT2D eigenvalue weighted by atomic mass is 32.2. The van der Waals surface area contributed by atoms with E-state index in [4.69, 9.17) is 11.0 Å². The molecule has 0 amide bonds. The highest BCUT2D eigenvalue weighted by Gasteiger charge is 2.18. The Kier molecular flexibility index (Phi) is 4.04. The lowest BCUT2D eigenvalue weighted by Crippen LogP contribution is -2.24. The van der Waals surface area contributed by atoms with Crippen molar-refractivity contribution >= 4 is 27.0 Å². The number of nitrogens with zero attached hydrogens (tertiary/aromatic N) is 2. The molecule has 0 atom stereocenters. The van der Waals surface area contributed by atoms with Crippen molar-refractivity contribution < 1.29 is 8.42 Å². The fourth-order valence-corrected chi connectivity index (χ4v) is 3.35. The summed E-state index contributed by atoms with van der Waals surface area (Å²) in [7, 11) is -3.77. The molecule has 0 fully saturated rings. The first-order chi connectivity index (χ1) is 9.42. The van der Waals surface area contributed by atoms with E-state index in [0.717, 1.165) is 5.01 Å². The van der Waals surface area contributed by atoms with Gasteiger partial charge in [0.2, 0.25) is 10.0 Å². The first kappa shape index (κ1) is 14.5. The fraction of sp³-hybridized carbons (Fsp3) is 0.167. The molecule has 1 aromatic heterocycles. The molecule has 1 heterocycles. The van der Waals surface area contributed by atoms with E-state index in [1.807, 2.05) is 13.0 Å². The number of hydrogen-bond acceptors (Lipinski definition) is 6. The van der Waals surface area contributed by atoms with Gasteiger partial charge in [0.25, 0.3) is 0 Å². The average Bonchev–Trinajstić information content (AvgIpc) is 2.82. The number of rotatable bonds is 4. The Morgan fingerprint density at radius 3 is 2.85 bits per heavy atom. The molecule has 0 unspecified atom stereocenters. The molecule has 8 heteroatoms. The zero-order chi connectivity index (χ0) is 14.8. The van der Waals surface area contributed by atoms with Gasteiger partial charge in [-0.05, 0) is 25.1 Å². The molecule has 6 nitrogen and oxygen atoms in total. The topological polar surface area (TPSA) is 109 Å². The van der Waals surface area contributed by atoms with Crippen LogP contribution >= 0.6 is 11.3 Å². The van der Waals surface area contributed by atoms with Crippen LogP contribution in [0.5, 0.6) is 0 Å². The van der Waals surface area contributed by atoms with Crippen LogP contribution in [0.3, 0.4) is 0 Å². The van der Waals surface area contributed by atoms with Crippen LogP contribution < -0.4 is 10.5 Å². The highest BCUT2D eigenvalue weighted by molar-refractivity contribution is 7.89. The molecule has 0 radical (unpaired) electrons. The van der Waals surface area contributed by atoms with Gasteiger partial charge in [-0.1, -0.05) is 0 Å². The van der Waals surface area contributed by atoms with E-state index in [9.17, 15) is 8.42 Å². The van der Waals surface area contributed by atoms with Crippen LogP contribution in [-0.4, -0.2) is 13.4 Å². The first-order valence-electron chi connectivity index (χ1n) is 5.62. The molecule has 0 bridgehead atoms. The lowest BCUT2D eigenvalue weighted by molar-refractivity contribution is 0.580. The van der Waals surface area contributed by atoms with Crippen LogP contribution in [0.15, 0.2) is 28.5 Å². The Bertz CT molecular complexity index is 775. The van der Waals surface area contributed by atoms with Crippen molar-refractivity contribution in [3.63, 3.8) is 0 Å². The van der Waals surface area contributed by atoms with E-state index in [1.54, 1.807) is 5.38 Å². The molecule has 104 valence electrons. The van der Waals surface area contributed by atoms with Gasteiger partial charge in [-0.2, -0.15) is 5.26 Å². The van der Waals surface area contributed by atoms with Gasteiger partial charge >= 0.3 is 0 Å². The lowest BCUT2D eigenvalue weighted by Gasteiger charge is -2.07. The van der Waals surface area contributed by atoms with E-state index in [1.165, 1.54) is 29.5 Å². The summed E-state index contributed by atoms with van der Waals surface area (Å²) in [5, 5.41) is 11.6. The number of anilines is 1. The van der Waals surface area contributed by atoms with Crippen molar-refractivity contribution in [2.75, 3.05) is 5.73 Å². The number of aryl methyl sites for hydroxylation is 1. The van der Waals surface area contributed by atoms with Gasteiger partial charge in [0.05, 0.1) is 27.7 Å². The Morgan fingerprint density at radius 2 is 2.25 bits per heavy atom. The third-order valence-electron chi connectivity index (χ3n) is 2.52. The summed E-state index contributed by atoms with van der Waals surface area (Å²) < 4.78 is 26.8. The number of nitriles is 1. The number of benzene rings is 1. The zero-order valence-corrected chi connectivity index (χ0v) is 12.3. The smallest absolute Gasteiger partial charge is 0.242 e. The molecular weight excluding hydrogens is 296 g/mol. The minimum absolute atomic E-state index is 0.0203. The minimum atomic E-state index is -3.77. The summed E-state index contributed by atoms with van der Waals surface area (Å²) in [5.41, 5.74) is 6.55. The van der Waals surface area contributed by atoms with Gasteiger partial charge in [-0.15, -0.1) is 11.3 Å². The van der Waals surface area contributed by atoms with Crippen LogP contribution in [-0.2, 0) is 16.6 Å². The molecule has 2 rings (SSSR count). The van der Waals surface area contributed by atoms with Crippen molar-refractivity contribution in [3.8, 4) is 6.07 Å². The number of hydrogen-bond donors (Lipinski definition) is 2. The third kappa shape index (κ3) is 3.14. The Hall–Kier alpha value is -1.95. The standard InChI is InChI=1S/C12H12N4O2S2/c1-8-16-11(7-19-8)6-15-20(17,18)12-3-2-10(14)4-9(12)5-13/h2-4,7,15H,6,14H2,1H3. The van der Waals surface area contributed by atoms with Gasteiger partial charge < -0.3 is 5.73 Å². The summed E-state index contributed by atoms with van der Waals surface area (Å²) in [5.74, 6) is 0. The second kappa shape index (κ2) is 5.58. The highest BCUT2D eigenvalue weighted by Crippen LogP contribution is 2.18. The van der Waals surface area contributed by atoms with Crippen LogP contribution in [0.1, 0.15) is 16.3 Å². The Labute approximate surface area is 120 Å². The summed E-state index contributed by atoms with van der Waals surface area (Å²) in [6, 6.07) is 5.94. The van der Waals surface area contributed by atoms with E-state index < -0.39 is 10.0 Å². The maximum atomic E-state index is 12.2. The number of sulfonamides is 1. The monoisotopic (exact) mass is 308 g/mol. The van der Waals surface area contributed by atoms with Gasteiger partial charge in [-0.3, -0.25) is 0 Å². The maximum absolute atomic E-state index is 12.2. The Balaban J connectivity index is 2.25. The van der Waals surface area contributed by atoms with Gasteiger partial charge in [0, 0.05) is 11.1 Å². The lowest BCUT2D eigenvalue weighted by atomic mass is 10.2. The fourth-order valence-electron chi connectivity index (χ4n) is 1.61. The van der Waals surface area contributed by atoms with Gasteiger partial charge in [0.1, 0.15) is 6.07 Å². The van der Waals surface area contributed by atoms with Crippen molar-refractivity contribution in [1.29, 1.82) is 5.26 Å². The van der Waals surface area contributed by atoms with Crippen molar-refractivity contribution in [2.24, 2.45) is 0 Å². The van der Waals surface area contributed by atoms with Crippen molar-refractivity contribution in [1.82, 2.24) is 9.71 Å². The molecule has 1 aromatic carbocycles. The summed E-state index contributed by atoms with van der Waals surface area (Å²) in [6.07, 6.45) is 0. The third-order valence-corrected chi connectivity index (χ3v) is 4.81. The SMILES string of the molecule is Cc1nc(CNS(=O)(=O)c2ccc(N)cc2C#N)cs1. The van der Waals surface area contributed by atoms with Gasteiger partial charge in [-0.25, -0.2) is 18.1 Å². The van der Waals surface area contributed by atoms with E-state index in [-0.39, 0.29) is 17.0 Å². The average molecular weight is 308 g/mol. The number of nitrogens with one attached hydrogen (secondary N) is 1. The maximum Gasteiger partial charge on any atom is 0.242 e. The predicted molar refractivity (Wildman–Crippen MR) is 76.4 cm³/mol. The summed E-state index contributed by atoms with van der Waals surface area (Å²) in [4.78, 5) is 4.09. The number of nitrogens with two attached hydrogens (primary N) is 1. The van der Waals surface area contributed by atoms with Crippen LogP contribution in [0.2, 0.25) is 0 Å².